The van der Waals surface area contributed by atoms with Gasteiger partial charge in [-0.25, -0.2) is 9.59 Å². The summed E-state index contributed by atoms with van der Waals surface area (Å²) in [7, 11) is 0. The van der Waals surface area contributed by atoms with Gasteiger partial charge in [0.25, 0.3) is 0 Å². The summed E-state index contributed by atoms with van der Waals surface area (Å²) in [5, 5.41) is 15.0. The molecule has 7 heteroatoms. The van der Waals surface area contributed by atoms with E-state index in [9.17, 15) is 19.5 Å². The van der Waals surface area contributed by atoms with Gasteiger partial charge in [0.05, 0.1) is 5.92 Å². The molecular weight excluding hydrogens is 432 g/mol. The first-order chi connectivity index (χ1) is 16.4. The number of fused-ring (bicyclic) bond motifs is 3. The van der Waals surface area contributed by atoms with E-state index in [1.807, 2.05) is 31.2 Å². The summed E-state index contributed by atoms with van der Waals surface area (Å²) in [5.74, 6) is -2.00. The average Bonchev–Trinajstić information content (AvgIpc) is 3.17. The van der Waals surface area contributed by atoms with E-state index < -0.39 is 23.5 Å². The van der Waals surface area contributed by atoms with Crippen LogP contribution in [0.1, 0.15) is 63.5 Å². The van der Waals surface area contributed by atoms with Gasteiger partial charge in [0.2, 0.25) is 5.91 Å². The standard InChI is InChI=1S/C27H34N2O5/c1-4-11-18(24(30)29-27(5-2,6-3)25(31)32)16-28-26(33)34-17-23-21-14-9-7-12-19(21)20-13-8-10-15-22(20)23/h7-10,12-15,18,23H,4-6,11,16-17H2,1-3H3,(H,28,33)(H,29,30)(H,31,32). The van der Waals surface area contributed by atoms with E-state index in [-0.39, 0.29) is 37.8 Å². The van der Waals surface area contributed by atoms with Gasteiger partial charge in [0, 0.05) is 12.5 Å². The Hall–Kier alpha value is -3.35. The number of hydrogen-bond acceptors (Lipinski definition) is 4. The fourth-order valence-electron chi connectivity index (χ4n) is 4.65. The predicted octanol–water partition coefficient (Wildman–Crippen LogP) is 4.70. The average molecular weight is 467 g/mol. The Morgan fingerprint density at radius 1 is 0.971 bits per heavy atom. The largest absolute Gasteiger partial charge is 0.480 e. The highest BCUT2D eigenvalue weighted by Crippen LogP contribution is 2.44. The number of benzene rings is 2. The van der Waals surface area contributed by atoms with E-state index in [4.69, 9.17) is 4.74 Å². The van der Waals surface area contributed by atoms with E-state index >= 15 is 0 Å². The highest BCUT2D eigenvalue weighted by Gasteiger charge is 2.38. The van der Waals surface area contributed by atoms with Crippen LogP contribution in [0.3, 0.4) is 0 Å². The molecule has 3 N–H and O–H groups in total. The van der Waals surface area contributed by atoms with E-state index in [0.29, 0.717) is 6.42 Å². The maximum atomic E-state index is 12.9. The molecule has 0 saturated carbocycles. The Balaban J connectivity index is 1.60. The van der Waals surface area contributed by atoms with Crippen molar-refractivity contribution in [3.05, 3.63) is 59.7 Å². The molecule has 2 aromatic carbocycles. The predicted molar refractivity (Wildman–Crippen MR) is 131 cm³/mol. The highest BCUT2D eigenvalue weighted by molar-refractivity contribution is 5.88. The summed E-state index contributed by atoms with van der Waals surface area (Å²) in [6, 6.07) is 16.2. The first-order valence-corrected chi connectivity index (χ1v) is 12.0. The van der Waals surface area contributed by atoms with Crippen molar-refractivity contribution in [2.75, 3.05) is 13.2 Å². The number of carboxylic acid groups (broad SMARTS) is 1. The summed E-state index contributed by atoms with van der Waals surface area (Å²) in [5.41, 5.74) is 3.26. The maximum Gasteiger partial charge on any atom is 0.407 e. The topological polar surface area (TPSA) is 105 Å². The monoisotopic (exact) mass is 466 g/mol. The summed E-state index contributed by atoms with van der Waals surface area (Å²) in [6.45, 7) is 5.69. The molecule has 0 saturated heterocycles. The van der Waals surface area contributed by atoms with Crippen molar-refractivity contribution in [2.24, 2.45) is 5.92 Å². The van der Waals surface area contributed by atoms with Gasteiger partial charge in [0.1, 0.15) is 12.1 Å². The molecule has 1 unspecified atom stereocenters. The van der Waals surface area contributed by atoms with Gasteiger partial charge < -0.3 is 20.5 Å². The van der Waals surface area contributed by atoms with E-state index in [2.05, 4.69) is 34.9 Å². The Morgan fingerprint density at radius 3 is 2.03 bits per heavy atom. The minimum absolute atomic E-state index is 0.0434. The second-order valence-electron chi connectivity index (χ2n) is 8.78. The molecule has 0 bridgehead atoms. The van der Waals surface area contributed by atoms with Crippen LogP contribution in [-0.2, 0) is 14.3 Å². The van der Waals surface area contributed by atoms with E-state index in [0.717, 1.165) is 28.7 Å². The zero-order chi connectivity index (χ0) is 24.7. The molecule has 0 aliphatic heterocycles. The lowest BCUT2D eigenvalue weighted by Crippen LogP contribution is -2.56. The maximum absolute atomic E-state index is 12.9. The molecule has 7 nitrogen and oxygen atoms in total. The number of carbonyl (C=O) groups excluding carboxylic acids is 2. The van der Waals surface area contributed by atoms with Gasteiger partial charge in [-0.2, -0.15) is 0 Å². The fourth-order valence-corrected chi connectivity index (χ4v) is 4.65. The second kappa shape index (κ2) is 11.2. The highest BCUT2D eigenvalue weighted by atomic mass is 16.5. The molecular formula is C27H34N2O5. The van der Waals surface area contributed by atoms with Crippen LogP contribution in [0.15, 0.2) is 48.5 Å². The zero-order valence-corrected chi connectivity index (χ0v) is 20.1. The Morgan fingerprint density at radius 2 is 1.53 bits per heavy atom. The molecule has 0 fully saturated rings. The first kappa shape index (κ1) is 25.3. The van der Waals surface area contributed by atoms with E-state index in [1.165, 1.54) is 0 Å². The lowest BCUT2D eigenvalue weighted by molar-refractivity contribution is -0.148. The quantitative estimate of drug-likeness (QED) is 0.445. The Kier molecular flexibility index (Phi) is 8.31. The summed E-state index contributed by atoms with van der Waals surface area (Å²) in [4.78, 5) is 37.1. The Bertz CT molecular complexity index is 986. The molecule has 0 radical (unpaired) electrons. The molecule has 182 valence electrons. The number of nitrogens with one attached hydrogen (secondary N) is 2. The lowest BCUT2D eigenvalue weighted by atomic mass is 9.91. The van der Waals surface area contributed by atoms with Gasteiger partial charge in [-0.3, -0.25) is 4.79 Å². The van der Waals surface area contributed by atoms with Crippen LogP contribution in [0, 0.1) is 5.92 Å². The number of aliphatic carboxylic acids is 1. The molecule has 3 rings (SSSR count). The number of hydrogen-bond donors (Lipinski definition) is 3. The fraction of sp³-hybridized carbons (Fsp3) is 0.444. The number of amides is 2. The third kappa shape index (κ3) is 5.24. The van der Waals surface area contributed by atoms with Crippen molar-refractivity contribution in [3.63, 3.8) is 0 Å². The minimum Gasteiger partial charge on any atom is -0.480 e. The second-order valence-corrected chi connectivity index (χ2v) is 8.78. The van der Waals surface area contributed by atoms with Crippen LogP contribution in [0.5, 0.6) is 0 Å². The summed E-state index contributed by atoms with van der Waals surface area (Å²) >= 11 is 0. The van der Waals surface area contributed by atoms with Gasteiger partial charge >= 0.3 is 12.1 Å². The van der Waals surface area contributed by atoms with Crippen molar-refractivity contribution in [1.82, 2.24) is 10.6 Å². The SMILES string of the molecule is CCCC(CNC(=O)OCC1c2ccccc2-c2ccccc21)C(=O)NC(CC)(CC)C(=O)O. The Labute approximate surface area is 200 Å². The number of carbonyl (C=O) groups is 3. The molecule has 1 atom stereocenters. The van der Waals surface area contributed by atoms with Gasteiger partial charge in [-0.15, -0.1) is 0 Å². The normalized spacial score (nSPS) is 13.5. The van der Waals surface area contributed by atoms with Crippen molar-refractivity contribution in [2.45, 2.75) is 57.9 Å². The van der Waals surface area contributed by atoms with E-state index in [1.54, 1.807) is 13.8 Å². The van der Waals surface area contributed by atoms with Crippen LogP contribution in [-0.4, -0.2) is 41.8 Å². The molecule has 0 spiro atoms. The van der Waals surface area contributed by atoms with Crippen molar-refractivity contribution < 1.29 is 24.2 Å². The molecule has 2 aromatic rings. The summed E-state index contributed by atoms with van der Waals surface area (Å²) in [6.07, 6.45) is 1.22. The third-order valence-corrected chi connectivity index (χ3v) is 6.82. The van der Waals surface area contributed by atoms with Gasteiger partial charge in [-0.1, -0.05) is 75.7 Å². The van der Waals surface area contributed by atoms with Crippen molar-refractivity contribution in [3.8, 4) is 11.1 Å². The van der Waals surface area contributed by atoms with Crippen LogP contribution in [0.4, 0.5) is 4.79 Å². The molecule has 1 aliphatic rings. The number of ether oxygens (including phenoxy) is 1. The molecule has 2 amide bonds. The number of rotatable bonds is 11. The number of carboxylic acids is 1. The van der Waals surface area contributed by atoms with Crippen LogP contribution < -0.4 is 10.6 Å². The lowest BCUT2D eigenvalue weighted by Gasteiger charge is -2.30. The van der Waals surface area contributed by atoms with Crippen LogP contribution in [0.25, 0.3) is 11.1 Å². The smallest absolute Gasteiger partial charge is 0.407 e. The van der Waals surface area contributed by atoms with Crippen molar-refractivity contribution >= 4 is 18.0 Å². The van der Waals surface area contributed by atoms with Gasteiger partial charge in [-0.05, 0) is 41.5 Å². The van der Waals surface area contributed by atoms with Gasteiger partial charge in [0.15, 0.2) is 0 Å². The number of alkyl carbamates (subject to hydrolysis) is 1. The zero-order valence-electron chi connectivity index (χ0n) is 20.1. The molecule has 0 aromatic heterocycles. The third-order valence-electron chi connectivity index (χ3n) is 6.82. The first-order valence-electron chi connectivity index (χ1n) is 12.0. The molecule has 34 heavy (non-hydrogen) atoms. The minimum atomic E-state index is -1.30. The molecule has 1 aliphatic carbocycles. The van der Waals surface area contributed by atoms with Crippen LogP contribution in [0.2, 0.25) is 0 Å². The summed E-state index contributed by atoms with van der Waals surface area (Å²) < 4.78 is 5.55. The molecule has 0 heterocycles. The van der Waals surface area contributed by atoms with Crippen LogP contribution >= 0.6 is 0 Å². The van der Waals surface area contributed by atoms with Crippen molar-refractivity contribution in [1.29, 1.82) is 0 Å².